The van der Waals surface area contributed by atoms with E-state index >= 15 is 0 Å². The Bertz CT molecular complexity index is 1280. The second kappa shape index (κ2) is 6.76. The third-order valence-corrected chi connectivity index (χ3v) is 5.54. The van der Waals surface area contributed by atoms with Crippen LogP contribution in [-0.2, 0) is 16.9 Å². The summed E-state index contributed by atoms with van der Waals surface area (Å²) in [5.74, 6) is -2.81. The van der Waals surface area contributed by atoms with E-state index in [-0.39, 0.29) is 12.1 Å². The van der Waals surface area contributed by atoms with Crippen LogP contribution in [0, 0.1) is 25.5 Å². The molecule has 1 aliphatic rings. The predicted octanol–water partition coefficient (Wildman–Crippen LogP) is 3.66. The highest BCUT2D eigenvalue weighted by atomic mass is 19.2. The molecular weight excluding hydrogens is 394 g/mol. The van der Waals surface area contributed by atoms with Gasteiger partial charge in [-0.3, -0.25) is 9.69 Å². The summed E-state index contributed by atoms with van der Waals surface area (Å²) >= 11 is 0. The van der Waals surface area contributed by atoms with Crippen molar-refractivity contribution in [3.05, 3.63) is 80.7 Å². The van der Waals surface area contributed by atoms with Crippen LogP contribution in [0.4, 0.5) is 13.6 Å². The van der Waals surface area contributed by atoms with E-state index in [1.807, 2.05) is 19.9 Å². The van der Waals surface area contributed by atoms with E-state index in [0.29, 0.717) is 16.5 Å². The summed E-state index contributed by atoms with van der Waals surface area (Å²) in [5, 5.41) is 3.15. The molecule has 2 heterocycles. The average Bonchev–Trinajstić information content (AvgIpc) is 2.89. The highest BCUT2D eigenvalue weighted by Crippen LogP contribution is 2.31. The van der Waals surface area contributed by atoms with E-state index in [1.54, 1.807) is 6.07 Å². The number of fused-ring (bicyclic) bond motifs is 1. The summed E-state index contributed by atoms with van der Waals surface area (Å²) in [6.45, 7) is 5.03. The van der Waals surface area contributed by atoms with Gasteiger partial charge in [-0.05, 0) is 67.3 Å². The number of carbonyl (C=O) groups excluding carboxylic acids is 2. The molecule has 0 bridgehead atoms. The lowest BCUT2D eigenvalue weighted by Gasteiger charge is -2.22. The lowest BCUT2D eigenvalue weighted by molar-refractivity contribution is -0.131. The first kappa shape index (κ1) is 19.8. The molecule has 1 fully saturated rings. The van der Waals surface area contributed by atoms with E-state index in [9.17, 15) is 23.2 Å². The highest BCUT2D eigenvalue weighted by molar-refractivity contribution is 6.07. The summed E-state index contributed by atoms with van der Waals surface area (Å²) < 4.78 is 32.3. The van der Waals surface area contributed by atoms with Gasteiger partial charge in [0.2, 0.25) is 0 Å². The largest absolute Gasteiger partial charge is 0.423 e. The molecule has 1 N–H and O–H groups in total. The van der Waals surface area contributed by atoms with Crippen LogP contribution < -0.4 is 10.9 Å². The minimum atomic E-state index is -1.56. The summed E-state index contributed by atoms with van der Waals surface area (Å²) in [7, 11) is 0. The van der Waals surface area contributed by atoms with Crippen molar-refractivity contribution in [1.82, 2.24) is 10.2 Å². The Morgan fingerprint density at radius 1 is 1.00 bits per heavy atom. The first-order valence-corrected chi connectivity index (χ1v) is 9.24. The van der Waals surface area contributed by atoms with Crippen molar-refractivity contribution in [2.75, 3.05) is 0 Å². The van der Waals surface area contributed by atoms with Crippen LogP contribution in [0.25, 0.3) is 11.0 Å². The van der Waals surface area contributed by atoms with Gasteiger partial charge in [-0.15, -0.1) is 0 Å². The molecule has 0 radical (unpaired) electrons. The fraction of sp³-hybridized carbons (Fsp3) is 0.227. The zero-order valence-corrected chi connectivity index (χ0v) is 16.5. The second-order valence-electron chi connectivity index (χ2n) is 7.60. The third kappa shape index (κ3) is 3.04. The Kier molecular flexibility index (Phi) is 4.45. The number of nitrogens with zero attached hydrogens (tertiary/aromatic N) is 1. The van der Waals surface area contributed by atoms with Crippen LogP contribution in [0.1, 0.15) is 29.2 Å². The highest BCUT2D eigenvalue weighted by Gasteiger charge is 2.49. The first-order chi connectivity index (χ1) is 14.1. The number of carbonyl (C=O) groups is 2. The van der Waals surface area contributed by atoms with Gasteiger partial charge in [-0.1, -0.05) is 6.07 Å². The van der Waals surface area contributed by atoms with Crippen LogP contribution in [0.2, 0.25) is 0 Å². The lowest BCUT2D eigenvalue weighted by Crippen LogP contribution is -2.41. The normalized spacial score (nSPS) is 18.9. The maximum atomic E-state index is 13.7. The van der Waals surface area contributed by atoms with Crippen molar-refractivity contribution in [2.24, 2.45) is 0 Å². The maximum Gasteiger partial charge on any atom is 0.336 e. The number of nitrogens with one attached hydrogen (secondary N) is 1. The third-order valence-electron chi connectivity index (χ3n) is 5.54. The molecule has 0 aliphatic carbocycles. The molecule has 8 heteroatoms. The van der Waals surface area contributed by atoms with Gasteiger partial charge in [-0.25, -0.2) is 18.4 Å². The number of urea groups is 1. The van der Waals surface area contributed by atoms with Crippen molar-refractivity contribution >= 4 is 22.9 Å². The zero-order chi connectivity index (χ0) is 21.8. The van der Waals surface area contributed by atoms with E-state index in [4.69, 9.17) is 4.42 Å². The molecule has 1 aliphatic heterocycles. The van der Waals surface area contributed by atoms with Gasteiger partial charge in [0, 0.05) is 11.5 Å². The van der Waals surface area contributed by atoms with Gasteiger partial charge in [0.25, 0.3) is 5.91 Å². The van der Waals surface area contributed by atoms with Crippen LogP contribution in [0.15, 0.2) is 45.6 Å². The number of hydrogen-bond acceptors (Lipinski definition) is 4. The molecule has 1 saturated heterocycles. The fourth-order valence-electron chi connectivity index (χ4n) is 3.63. The van der Waals surface area contributed by atoms with Gasteiger partial charge in [0.15, 0.2) is 11.6 Å². The number of halogens is 2. The minimum absolute atomic E-state index is 0.117. The first-order valence-electron chi connectivity index (χ1n) is 9.24. The summed E-state index contributed by atoms with van der Waals surface area (Å²) in [5.41, 5.74) is 0.652. The number of rotatable bonds is 3. The minimum Gasteiger partial charge on any atom is -0.423 e. The molecule has 30 heavy (non-hydrogen) atoms. The average molecular weight is 412 g/mol. The predicted molar refractivity (Wildman–Crippen MR) is 105 cm³/mol. The maximum absolute atomic E-state index is 13.7. The van der Waals surface area contributed by atoms with Gasteiger partial charge in [-0.2, -0.15) is 0 Å². The van der Waals surface area contributed by atoms with E-state index < -0.39 is 34.7 Å². The van der Waals surface area contributed by atoms with Crippen molar-refractivity contribution in [1.29, 1.82) is 0 Å². The van der Waals surface area contributed by atoms with Crippen molar-refractivity contribution < 1.29 is 22.8 Å². The number of imide groups is 1. The van der Waals surface area contributed by atoms with Gasteiger partial charge < -0.3 is 9.73 Å². The SMILES string of the molecule is Cc1cc2oc(=O)cc(CN3C(=O)N[C@](C)(c4ccc(F)c(F)c4)C3=O)c2cc1C. The lowest BCUT2D eigenvalue weighted by atomic mass is 9.92. The zero-order valence-electron chi connectivity index (χ0n) is 16.5. The fourth-order valence-corrected chi connectivity index (χ4v) is 3.63. The van der Waals surface area contributed by atoms with Crippen LogP contribution in [-0.4, -0.2) is 16.8 Å². The van der Waals surface area contributed by atoms with Gasteiger partial charge in [0.05, 0.1) is 6.54 Å². The Balaban J connectivity index is 1.75. The quantitative estimate of drug-likeness (QED) is 0.526. The molecule has 6 nitrogen and oxygen atoms in total. The topological polar surface area (TPSA) is 79.6 Å². The Morgan fingerprint density at radius 3 is 2.40 bits per heavy atom. The molecule has 4 rings (SSSR count). The molecule has 0 saturated carbocycles. The van der Waals surface area contributed by atoms with Crippen LogP contribution in [0.5, 0.6) is 0 Å². The van der Waals surface area contributed by atoms with Crippen molar-refractivity contribution in [3.8, 4) is 0 Å². The second-order valence-corrected chi connectivity index (χ2v) is 7.60. The summed E-state index contributed by atoms with van der Waals surface area (Å²) in [4.78, 5) is 38.7. The molecule has 0 spiro atoms. The van der Waals surface area contributed by atoms with Crippen LogP contribution >= 0.6 is 0 Å². The molecule has 3 amide bonds. The molecule has 1 atom stereocenters. The number of aryl methyl sites for hydroxylation is 2. The molecule has 0 unspecified atom stereocenters. The van der Waals surface area contributed by atoms with E-state index in [0.717, 1.165) is 28.2 Å². The Morgan fingerprint density at radius 2 is 1.70 bits per heavy atom. The number of hydrogen-bond donors (Lipinski definition) is 1. The smallest absolute Gasteiger partial charge is 0.336 e. The molecule has 154 valence electrons. The summed E-state index contributed by atoms with van der Waals surface area (Å²) in [6, 6.07) is 7.14. The molecule has 3 aromatic rings. The van der Waals surface area contributed by atoms with Crippen LogP contribution in [0.3, 0.4) is 0 Å². The van der Waals surface area contributed by atoms with Gasteiger partial charge in [0.1, 0.15) is 11.1 Å². The van der Waals surface area contributed by atoms with Crippen molar-refractivity contribution in [2.45, 2.75) is 32.9 Å². The molecule has 1 aromatic heterocycles. The number of amides is 3. The Labute approximate surface area is 170 Å². The standard InChI is InChI=1S/C22H18F2N2O4/c1-11-6-15-13(8-19(27)30-18(15)7-12(11)2)10-26-20(28)22(3,25-21(26)29)14-4-5-16(23)17(24)9-14/h4-9H,10H2,1-3H3,(H,25,29)/t22-/m1/s1. The number of benzene rings is 2. The van der Waals surface area contributed by atoms with Gasteiger partial charge >= 0.3 is 11.7 Å². The summed E-state index contributed by atoms with van der Waals surface area (Å²) in [6.07, 6.45) is 0. The Hall–Kier alpha value is -3.55. The van der Waals surface area contributed by atoms with E-state index in [2.05, 4.69) is 5.32 Å². The van der Waals surface area contributed by atoms with Crippen molar-refractivity contribution in [3.63, 3.8) is 0 Å². The monoisotopic (exact) mass is 412 g/mol. The molecular formula is C22H18F2N2O4. The molecule has 2 aromatic carbocycles. The van der Waals surface area contributed by atoms with E-state index in [1.165, 1.54) is 19.1 Å².